The van der Waals surface area contributed by atoms with Crippen LogP contribution in [0.2, 0.25) is 0 Å². The van der Waals surface area contributed by atoms with Crippen LogP contribution in [0, 0.1) is 20.8 Å². The van der Waals surface area contributed by atoms with Gasteiger partial charge in [0, 0.05) is 29.4 Å². The Kier molecular flexibility index (Phi) is 5.43. The lowest BCUT2D eigenvalue weighted by atomic mass is 10.2. The number of hydrogen-bond donors (Lipinski definition) is 2. The van der Waals surface area contributed by atoms with Crippen LogP contribution in [0.1, 0.15) is 38.4 Å². The molecule has 0 aliphatic carbocycles. The predicted molar refractivity (Wildman–Crippen MR) is 108 cm³/mol. The van der Waals surface area contributed by atoms with Crippen molar-refractivity contribution in [1.29, 1.82) is 0 Å². The van der Waals surface area contributed by atoms with Gasteiger partial charge in [-0.15, -0.1) is 22.7 Å². The molecule has 2 N–H and O–H groups in total. The fourth-order valence-electron chi connectivity index (χ4n) is 2.75. The molecule has 2 amide bonds. The minimum atomic E-state index is -0.198. The Morgan fingerprint density at radius 3 is 2.56 bits per heavy atom. The van der Waals surface area contributed by atoms with E-state index < -0.39 is 0 Å². The maximum Gasteiger partial charge on any atom is 0.261 e. The van der Waals surface area contributed by atoms with Crippen LogP contribution < -0.4 is 10.6 Å². The van der Waals surface area contributed by atoms with Gasteiger partial charge in [0.25, 0.3) is 5.91 Å². The highest BCUT2D eigenvalue weighted by Crippen LogP contribution is 2.35. The van der Waals surface area contributed by atoms with Crippen molar-refractivity contribution in [2.75, 3.05) is 5.32 Å². The number of amides is 2. The van der Waals surface area contributed by atoms with Crippen LogP contribution in [0.25, 0.3) is 10.6 Å². The summed E-state index contributed by atoms with van der Waals surface area (Å²) < 4.78 is 1.70. The number of aromatic nitrogens is 3. The summed E-state index contributed by atoms with van der Waals surface area (Å²) in [5, 5.41) is 10.5. The summed E-state index contributed by atoms with van der Waals surface area (Å²) in [4.78, 5) is 31.4. The first-order chi connectivity index (χ1) is 12.8. The molecule has 0 aliphatic heterocycles. The van der Waals surface area contributed by atoms with Crippen LogP contribution in [-0.2, 0) is 18.4 Å². The molecule has 0 radical (unpaired) electrons. The Labute approximate surface area is 165 Å². The summed E-state index contributed by atoms with van der Waals surface area (Å²) in [5.41, 5.74) is 2.95. The third-order valence-corrected chi connectivity index (χ3v) is 6.14. The number of anilines is 1. The van der Waals surface area contributed by atoms with Gasteiger partial charge < -0.3 is 5.32 Å². The molecule has 0 saturated carbocycles. The lowest BCUT2D eigenvalue weighted by molar-refractivity contribution is -0.119. The first kappa shape index (κ1) is 19.2. The molecule has 27 heavy (non-hydrogen) atoms. The topological polar surface area (TPSA) is 88.9 Å². The van der Waals surface area contributed by atoms with Crippen molar-refractivity contribution < 1.29 is 9.59 Å². The highest BCUT2D eigenvalue weighted by Gasteiger charge is 2.20. The van der Waals surface area contributed by atoms with Crippen LogP contribution in [0.5, 0.6) is 0 Å². The van der Waals surface area contributed by atoms with E-state index in [1.54, 1.807) is 16.0 Å². The van der Waals surface area contributed by atoms with Gasteiger partial charge in [0.05, 0.1) is 28.4 Å². The van der Waals surface area contributed by atoms with E-state index in [-0.39, 0.29) is 11.8 Å². The summed E-state index contributed by atoms with van der Waals surface area (Å²) in [5.74, 6) is -0.253. The van der Waals surface area contributed by atoms with Gasteiger partial charge in [-0.3, -0.25) is 19.6 Å². The van der Waals surface area contributed by atoms with Gasteiger partial charge in [0.1, 0.15) is 0 Å². The highest BCUT2D eigenvalue weighted by atomic mass is 32.1. The number of hydrogen-bond acceptors (Lipinski definition) is 6. The fraction of sp³-hybridized carbons (Fsp3) is 0.333. The molecular weight excluding hydrogens is 382 g/mol. The summed E-state index contributed by atoms with van der Waals surface area (Å²) in [6.45, 7) is 7.68. The minimum absolute atomic E-state index is 0.0548. The SMILES string of the molecule is CC(=O)NCc1ccc(-c2nc(NC(=O)c3c(C)nn(C)c3C)sc2C)s1. The lowest BCUT2D eigenvalue weighted by Crippen LogP contribution is -2.17. The number of aryl methyl sites for hydroxylation is 3. The van der Waals surface area contributed by atoms with E-state index in [2.05, 4.69) is 20.7 Å². The molecule has 3 aromatic heterocycles. The lowest BCUT2D eigenvalue weighted by Gasteiger charge is -2.02. The van der Waals surface area contributed by atoms with Crippen molar-refractivity contribution in [3.8, 4) is 10.6 Å². The quantitative estimate of drug-likeness (QED) is 0.683. The third-order valence-electron chi connectivity index (χ3n) is 4.16. The van der Waals surface area contributed by atoms with Crippen LogP contribution in [0.15, 0.2) is 12.1 Å². The Morgan fingerprint density at radius 2 is 1.93 bits per heavy atom. The number of carbonyl (C=O) groups excluding carboxylic acids is 2. The Hall–Kier alpha value is -2.52. The van der Waals surface area contributed by atoms with E-state index in [0.29, 0.717) is 22.9 Å². The van der Waals surface area contributed by atoms with E-state index in [1.807, 2.05) is 40.0 Å². The molecule has 3 heterocycles. The molecule has 9 heteroatoms. The van der Waals surface area contributed by atoms with E-state index in [0.717, 1.165) is 26.0 Å². The Balaban J connectivity index is 1.78. The van der Waals surface area contributed by atoms with Crippen LogP contribution in [0.3, 0.4) is 0 Å². The summed E-state index contributed by atoms with van der Waals surface area (Å²) in [7, 11) is 1.82. The number of thiazole rings is 1. The Morgan fingerprint density at radius 1 is 1.19 bits per heavy atom. The second kappa shape index (κ2) is 7.61. The minimum Gasteiger partial charge on any atom is -0.351 e. The molecule has 0 saturated heterocycles. The van der Waals surface area contributed by atoms with Crippen molar-refractivity contribution in [2.45, 2.75) is 34.2 Å². The van der Waals surface area contributed by atoms with Crippen molar-refractivity contribution in [3.63, 3.8) is 0 Å². The maximum atomic E-state index is 12.6. The second-order valence-electron chi connectivity index (χ2n) is 6.22. The number of carbonyl (C=O) groups is 2. The number of nitrogens with zero attached hydrogens (tertiary/aromatic N) is 3. The van der Waals surface area contributed by atoms with Gasteiger partial charge in [-0.2, -0.15) is 5.10 Å². The monoisotopic (exact) mass is 403 g/mol. The standard InChI is InChI=1S/C18H21N5O2S2/c1-9-15(10(2)23(5)22-9)17(25)21-18-20-16(11(3)26-18)14-7-6-13(27-14)8-19-12(4)24/h6-7H,8H2,1-5H3,(H,19,24)(H,20,21,25). The van der Waals surface area contributed by atoms with Gasteiger partial charge >= 0.3 is 0 Å². The fourth-order valence-corrected chi connectivity index (χ4v) is 4.63. The highest BCUT2D eigenvalue weighted by molar-refractivity contribution is 7.18. The smallest absolute Gasteiger partial charge is 0.261 e. The van der Waals surface area contributed by atoms with Gasteiger partial charge in [-0.05, 0) is 32.9 Å². The first-order valence-electron chi connectivity index (χ1n) is 8.38. The summed E-state index contributed by atoms with van der Waals surface area (Å²) in [6, 6.07) is 3.97. The molecule has 0 bridgehead atoms. The summed E-state index contributed by atoms with van der Waals surface area (Å²) >= 11 is 3.03. The Bertz CT molecular complexity index is 1020. The van der Waals surface area contributed by atoms with Crippen molar-refractivity contribution in [1.82, 2.24) is 20.1 Å². The van der Waals surface area contributed by atoms with Crippen molar-refractivity contribution >= 4 is 39.6 Å². The summed E-state index contributed by atoms with van der Waals surface area (Å²) in [6.07, 6.45) is 0. The van der Waals surface area contributed by atoms with Crippen LogP contribution in [-0.4, -0.2) is 26.6 Å². The average Bonchev–Trinajstić information content (AvgIpc) is 3.24. The van der Waals surface area contributed by atoms with E-state index in [9.17, 15) is 9.59 Å². The van der Waals surface area contributed by atoms with Gasteiger partial charge in [-0.25, -0.2) is 4.98 Å². The van der Waals surface area contributed by atoms with Crippen LogP contribution >= 0.6 is 22.7 Å². The molecule has 3 aromatic rings. The van der Waals surface area contributed by atoms with Gasteiger partial charge in [0.15, 0.2) is 5.13 Å². The molecule has 0 atom stereocenters. The number of nitrogens with one attached hydrogen (secondary N) is 2. The zero-order valence-electron chi connectivity index (χ0n) is 15.8. The molecule has 0 aromatic carbocycles. The third kappa shape index (κ3) is 4.09. The van der Waals surface area contributed by atoms with Crippen molar-refractivity contribution in [2.24, 2.45) is 7.05 Å². The number of thiophene rings is 1. The predicted octanol–water partition coefficient (Wildman–Crippen LogP) is 3.42. The van der Waals surface area contributed by atoms with Gasteiger partial charge in [-0.1, -0.05) is 0 Å². The second-order valence-corrected chi connectivity index (χ2v) is 8.59. The zero-order valence-corrected chi connectivity index (χ0v) is 17.5. The van der Waals surface area contributed by atoms with Crippen molar-refractivity contribution in [3.05, 3.63) is 38.8 Å². The average molecular weight is 404 g/mol. The molecule has 7 nitrogen and oxygen atoms in total. The molecule has 0 aliphatic rings. The molecule has 142 valence electrons. The normalized spacial score (nSPS) is 10.9. The van der Waals surface area contributed by atoms with E-state index in [1.165, 1.54) is 18.3 Å². The maximum absolute atomic E-state index is 12.6. The largest absolute Gasteiger partial charge is 0.351 e. The number of rotatable bonds is 5. The van der Waals surface area contributed by atoms with E-state index >= 15 is 0 Å². The zero-order chi connectivity index (χ0) is 19.7. The molecule has 0 fully saturated rings. The molecular formula is C18H21N5O2S2. The first-order valence-corrected chi connectivity index (χ1v) is 10.0. The van der Waals surface area contributed by atoms with Crippen LogP contribution in [0.4, 0.5) is 5.13 Å². The molecule has 0 spiro atoms. The van der Waals surface area contributed by atoms with E-state index in [4.69, 9.17) is 0 Å². The molecule has 3 rings (SSSR count). The van der Waals surface area contributed by atoms with Gasteiger partial charge in [0.2, 0.25) is 5.91 Å². The molecule has 0 unspecified atom stereocenters.